The van der Waals surface area contributed by atoms with Crippen LogP contribution in [0.4, 0.5) is 0 Å². The van der Waals surface area contributed by atoms with Crippen LogP contribution in [0.3, 0.4) is 0 Å². The van der Waals surface area contributed by atoms with E-state index in [4.69, 9.17) is 5.11 Å². The Kier molecular flexibility index (Phi) is 5.10. The largest absolute Gasteiger partial charge is 0.480 e. The summed E-state index contributed by atoms with van der Waals surface area (Å²) in [6.07, 6.45) is 0.606. The summed E-state index contributed by atoms with van der Waals surface area (Å²) in [4.78, 5) is 22.8. The average Bonchev–Trinajstić information content (AvgIpc) is 2.30. The van der Waals surface area contributed by atoms with E-state index in [9.17, 15) is 9.59 Å². The van der Waals surface area contributed by atoms with Crippen molar-refractivity contribution in [1.82, 2.24) is 5.32 Å². The molecule has 19 heavy (non-hydrogen) atoms. The van der Waals surface area contributed by atoms with E-state index >= 15 is 0 Å². The van der Waals surface area contributed by atoms with Crippen molar-refractivity contribution in [3.05, 3.63) is 34.4 Å². The highest BCUT2D eigenvalue weighted by molar-refractivity contribution is 5.85. The zero-order valence-corrected chi connectivity index (χ0v) is 11.9. The number of carbonyl (C=O) groups is 2. The summed E-state index contributed by atoms with van der Waals surface area (Å²) in [6, 6.07) is 3.26. The number of hydrogen-bond donors (Lipinski definition) is 2. The van der Waals surface area contributed by atoms with Crippen LogP contribution in [0.2, 0.25) is 0 Å². The lowest BCUT2D eigenvalue weighted by Gasteiger charge is -2.15. The van der Waals surface area contributed by atoms with Crippen LogP contribution in [0.15, 0.2) is 12.1 Å². The minimum absolute atomic E-state index is 0.224. The van der Waals surface area contributed by atoms with Crippen molar-refractivity contribution in [1.29, 1.82) is 0 Å². The first-order valence-corrected chi connectivity index (χ1v) is 6.44. The molecule has 0 aromatic heterocycles. The van der Waals surface area contributed by atoms with Crippen molar-refractivity contribution in [2.75, 3.05) is 0 Å². The number of hydrogen-bond acceptors (Lipinski definition) is 2. The molecule has 1 aromatic carbocycles. The van der Waals surface area contributed by atoms with Crippen LogP contribution in [0.1, 0.15) is 35.6 Å². The number of aliphatic carboxylic acids is 1. The van der Waals surface area contributed by atoms with Crippen molar-refractivity contribution in [2.24, 2.45) is 0 Å². The molecule has 1 atom stereocenters. The number of amides is 1. The Hall–Kier alpha value is -1.84. The zero-order valence-electron chi connectivity index (χ0n) is 11.9. The van der Waals surface area contributed by atoms with Crippen LogP contribution in [0.5, 0.6) is 0 Å². The minimum Gasteiger partial charge on any atom is -0.480 e. The van der Waals surface area contributed by atoms with Crippen molar-refractivity contribution >= 4 is 11.9 Å². The molecule has 0 aliphatic heterocycles. The SMILES string of the molecule is CCC(NC(=O)Cc1c(C)cc(C)cc1C)C(=O)O. The van der Waals surface area contributed by atoms with Gasteiger partial charge < -0.3 is 10.4 Å². The van der Waals surface area contributed by atoms with Gasteiger partial charge in [0.2, 0.25) is 5.91 Å². The lowest BCUT2D eigenvalue weighted by molar-refractivity contribution is -0.141. The van der Waals surface area contributed by atoms with E-state index in [1.807, 2.05) is 32.9 Å². The summed E-state index contributed by atoms with van der Waals surface area (Å²) in [5, 5.41) is 11.5. The van der Waals surface area contributed by atoms with Gasteiger partial charge in [0.1, 0.15) is 6.04 Å². The van der Waals surface area contributed by atoms with Gasteiger partial charge in [0.05, 0.1) is 6.42 Å². The van der Waals surface area contributed by atoms with Crippen molar-refractivity contribution in [3.63, 3.8) is 0 Å². The van der Waals surface area contributed by atoms with E-state index in [0.29, 0.717) is 6.42 Å². The maximum absolute atomic E-state index is 11.9. The zero-order chi connectivity index (χ0) is 14.6. The van der Waals surface area contributed by atoms with Gasteiger partial charge in [0, 0.05) is 0 Å². The lowest BCUT2D eigenvalue weighted by Crippen LogP contribution is -2.41. The summed E-state index contributed by atoms with van der Waals surface area (Å²) in [5.74, 6) is -1.24. The monoisotopic (exact) mass is 263 g/mol. The fraction of sp³-hybridized carbons (Fsp3) is 0.467. The molecule has 0 aliphatic carbocycles. The van der Waals surface area contributed by atoms with E-state index in [0.717, 1.165) is 22.3 Å². The van der Waals surface area contributed by atoms with Crippen molar-refractivity contribution in [2.45, 2.75) is 46.6 Å². The number of carboxylic acid groups (broad SMARTS) is 1. The maximum atomic E-state index is 11.9. The van der Waals surface area contributed by atoms with E-state index in [1.165, 1.54) is 0 Å². The summed E-state index contributed by atoms with van der Waals surface area (Å²) < 4.78 is 0. The van der Waals surface area contributed by atoms with Crippen LogP contribution in [-0.2, 0) is 16.0 Å². The van der Waals surface area contributed by atoms with Crippen LogP contribution in [-0.4, -0.2) is 23.0 Å². The van der Waals surface area contributed by atoms with Crippen molar-refractivity contribution < 1.29 is 14.7 Å². The molecule has 0 saturated heterocycles. The molecule has 1 rings (SSSR count). The Balaban J connectivity index is 2.80. The van der Waals surface area contributed by atoms with Crippen LogP contribution >= 0.6 is 0 Å². The molecule has 0 bridgehead atoms. The summed E-state index contributed by atoms with van der Waals surface area (Å²) >= 11 is 0. The van der Waals surface area contributed by atoms with Gasteiger partial charge in [-0.3, -0.25) is 4.79 Å². The molecule has 0 fully saturated rings. The second kappa shape index (κ2) is 6.36. The van der Waals surface area contributed by atoms with Gasteiger partial charge in [-0.2, -0.15) is 0 Å². The normalized spacial score (nSPS) is 12.0. The van der Waals surface area contributed by atoms with Gasteiger partial charge in [-0.25, -0.2) is 4.79 Å². The third-order valence-electron chi connectivity index (χ3n) is 3.22. The highest BCUT2D eigenvalue weighted by Gasteiger charge is 2.18. The van der Waals surface area contributed by atoms with Crippen LogP contribution < -0.4 is 5.32 Å². The topological polar surface area (TPSA) is 66.4 Å². The molecule has 1 aromatic rings. The fourth-order valence-electron chi connectivity index (χ4n) is 2.23. The van der Waals surface area contributed by atoms with E-state index in [2.05, 4.69) is 5.32 Å². The van der Waals surface area contributed by atoms with Gasteiger partial charge in [0.25, 0.3) is 0 Å². The van der Waals surface area contributed by atoms with Gasteiger partial charge >= 0.3 is 5.97 Å². The molecule has 0 heterocycles. The van der Waals surface area contributed by atoms with Crippen LogP contribution in [0.25, 0.3) is 0 Å². The minimum atomic E-state index is -0.992. The predicted octanol–water partition coefficient (Wildman–Crippen LogP) is 2.13. The number of nitrogens with one attached hydrogen (secondary N) is 1. The highest BCUT2D eigenvalue weighted by Crippen LogP contribution is 2.17. The number of carbonyl (C=O) groups excluding carboxylic acids is 1. The standard InChI is InChI=1S/C15H21NO3/c1-5-13(15(18)19)16-14(17)8-12-10(3)6-9(2)7-11(12)4/h6-7,13H,5,8H2,1-4H3,(H,16,17)(H,18,19). The Morgan fingerprint density at radius 3 is 2.16 bits per heavy atom. The van der Waals surface area contributed by atoms with E-state index < -0.39 is 12.0 Å². The second-order valence-electron chi connectivity index (χ2n) is 4.92. The molecule has 1 amide bonds. The smallest absolute Gasteiger partial charge is 0.326 e. The van der Waals surface area contributed by atoms with Gasteiger partial charge in [-0.15, -0.1) is 0 Å². The summed E-state index contributed by atoms with van der Waals surface area (Å²) in [7, 11) is 0. The van der Waals surface area contributed by atoms with Crippen LogP contribution in [0, 0.1) is 20.8 Å². The quantitative estimate of drug-likeness (QED) is 0.855. The maximum Gasteiger partial charge on any atom is 0.326 e. The average molecular weight is 263 g/mol. The van der Waals surface area contributed by atoms with Gasteiger partial charge in [-0.1, -0.05) is 24.6 Å². The lowest BCUT2D eigenvalue weighted by atomic mass is 9.97. The number of benzene rings is 1. The molecule has 4 heteroatoms. The Labute approximate surface area is 113 Å². The second-order valence-corrected chi connectivity index (χ2v) is 4.92. The molecule has 0 spiro atoms. The first-order chi connectivity index (χ1) is 8.85. The third kappa shape index (κ3) is 4.09. The predicted molar refractivity (Wildman–Crippen MR) is 74.2 cm³/mol. The molecule has 2 N–H and O–H groups in total. The van der Waals surface area contributed by atoms with E-state index in [-0.39, 0.29) is 12.3 Å². The molecule has 0 radical (unpaired) electrons. The van der Waals surface area contributed by atoms with E-state index in [1.54, 1.807) is 6.92 Å². The Morgan fingerprint density at radius 2 is 1.74 bits per heavy atom. The molecule has 104 valence electrons. The molecular formula is C15H21NO3. The summed E-state index contributed by atoms with van der Waals surface area (Å²) in [5.41, 5.74) is 4.27. The molecule has 1 unspecified atom stereocenters. The molecule has 0 aliphatic rings. The number of rotatable bonds is 5. The molecule has 4 nitrogen and oxygen atoms in total. The molecule has 0 saturated carbocycles. The first kappa shape index (κ1) is 15.2. The summed E-state index contributed by atoms with van der Waals surface area (Å²) in [6.45, 7) is 7.69. The van der Waals surface area contributed by atoms with Crippen molar-refractivity contribution in [3.8, 4) is 0 Å². The molecular weight excluding hydrogens is 242 g/mol. The number of carboxylic acids is 1. The highest BCUT2D eigenvalue weighted by atomic mass is 16.4. The van der Waals surface area contributed by atoms with Gasteiger partial charge in [0.15, 0.2) is 0 Å². The Morgan fingerprint density at radius 1 is 1.21 bits per heavy atom. The van der Waals surface area contributed by atoms with Gasteiger partial charge in [-0.05, 0) is 43.9 Å². The fourth-order valence-corrected chi connectivity index (χ4v) is 2.23. The number of aryl methyl sites for hydroxylation is 3. The third-order valence-corrected chi connectivity index (χ3v) is 3.22. The first-order valence-electron chi connectivity index (χ1n) is 6.44. The Bertz CT molecular complexity index is 471.